The minimum atomic E-state index is -0.563. The Balaban J connectivity index is 1.67. The number of carbonyl (C=O) groups is 1. The Hall–Kier alpha value is -1.96. The minimum Gasteiger partial charge on any atom is -0.374 e. The van der Waals surface area contributed by atoms with Crippen molar-refractivity contribution in [1.29, 1.82) is 0 Å². The lowest BCUT2D eigenvalue weighted by Gasteiger charge is -2.43. The maximum absolute atomic E-state index is 12.4. The molecule has 2 unspecified atom stereocenters. The zero-order chi connectivity index (χ0) is 14.8. The molecule has 0 bridgehead atoms. The van der Waals surface area contributed by atoms with Gasteiger partial charge in [0, 0.05) is 6.54 Å². The van der Waals surface area contributed by atoms with Crippen LogP contribution in [0.1, 0.15) is 25.7 Å². The lowest BCUT2D eigenvalue weighted by atomic mass is 9.90. The molecule has 8 nitrogen and oxygen atoms in total. The van der Waals surface area contributed by atoms with Gasteiger partial charge in [-0.3, -0.25) is 4.79 Å². The van der Waals surface area contributed by atoms with Crippen LogP contribution < -0.4 is 0 Å². The number of hydrogen-bond donors (Lipinski definition) is 0. The van der Waals surface area contributed by atoms with Crippen LogP contribution in [0.3, 0.4) is 0 Å². The molecule has 0 spiro atoms. The lowest BCUT2D eigenvalue weighted by Crippen LogP contribution is -2.55. The number of amides is 1. The molecule has 114 valence electrons. The average molecular weight is 294 g/mol. The van der Waals surface area contributed by atoms with Crippen molar-refractivity contribution in [3.63, 3.8) is 0 Å². The Morgan fingerprint density at radius 1 is 1.48 bits per heavy atom. The van der Waals surface area contributed by atoms with E-state index in [1.165, 1.54) is 16.9 Å². The van der Waals surface area contributed by atoms with E-state index in [0.717, 1.165) is 25.7 Å². The maximum atomic E-state index is 12.4. The number of carbonyl (C=O) groups excluding carboxylic acids is 1. The van der Waals surface area contributed by atoms with Gasteiger partial charge in [0.05, 0.1) is 36.1 Å². The summed E-state index contributed by atoms with van der Waals surface area (Å²) in [5.41, 5.74) is 0. The molecule has 0 aromatic carbocycles. The highest BCUT2D eigenvalue weighted by Crippen LogP contribution is 2.28. The van der Waals surface area contributed by atoms with E-state index in [2.05, 4.69) is 5.10 Å². The van der Waals surface area contributed by atoms with Crippen molar-refractivity contribution in [3.05, 3.63) is 22.4 Å². The average Bonchev–Trinajstić information content (AvgIpc) is 2.95. The summed E-state index contributed by atoms with van der Waals surface area (Å²) in [6.07, 6.45) is 5.84. The van der Waals surface area contributed by atoms with Crippen molar-refractivity contribution in [2.45, 2.75) is 44.4 Å². The third kappa shape index (κ3) is 2.90. The molecular weight excluding hydrogens is 276 g/mol. The Morgan fingerprint density at radius 2 is 2.29 bits per heavy atom. The minimum absolute atomic E-state index is 0.0387. The summed E-state index contributed by atoms with van der Waals surface area (Å²) < 4.78 is 7.07. The summed E-state index contributed by atoms with van der Waals surface area (Å²) in [7, 11) is 0. The highest BCUT2D eigenvalue weighted by Gasteiger charge is 2.36. The number of morpholine rings is 1. The van der Waals surface area contributed by atoms with Gasteiger partial charge in [0.1, 0.15) is 6.54 Å². The van der Waals surface area contributed by atoms with Crippen molar-refractivity contribution < 1.29 is 14.5 Å². The van der Waals surface area contributed by atoms with Crippen molar-refractivity contribution in [2.75, 3.05) is 13.2 Å². The van der Waals surface area contributed by atoms with Gasteiger partial charge in [-0.05, 0) is 17.8 Å². The molecular formula is C13H18N4O4. The van der Waals surface area contributed by atoms with E-state index in [1.807, 2.05) is 4.90 Å². The van der Waals surface area contributed by atoms with Crippen molar-refractivity contribution in [2.24, 2.45) is 0 Å². The summed E-state index contributed by atoms with van der Waals surface area (Å²) in [5.74, 6) is -0.284. The molecule has 2 aliphatic rings. The fourth-order valence-electron chi connectivity index (χ4n) is 3.17. The fourth-order valence-corrected chi connectivity index (χ4v) is 3.17. The van der Waals surface area contributed by atoms with E-state index in [9.17, 15) is 14.9 Å². The molecule has 1 aliphatic carbocycles. The van der Waals surface area contributed by atoms with Crippen LogP contribution in [0.5, 0.6) is 0 Å². The predicted octanol–water partition coefficient (Wildman–Crippen LogP) is 0.961. The second-order valence-electron chi connectivity index (χ2n) is 5.48. The van der Waals surface area contributed by atoms with Gasteiger partial charge in [0.2, 0.25) is 5.91 Å². The molecule has 1 aromatic rings. The van der Waals surface area contributed by atoms with Gasteiger partial charge in [0.25, 0.3) is 0 Å². The number of nitrogens with zero attached hydrogens (tertiary/aromatic N) is 4. The molecule has 8 heteroatoms. The lowest BCUT2D eigenvalue weighted by molar-refractivity contribution is -0.389. The van der Waals surface area contributed by atoms with E-state index in [-0.39, 0.29) is 30.4 Å². The van der Waals surface area contributed by atoms with Gasteiger partial charge in [-0.1, -0.05) is 12.8 Å². The number of nitro groups is 1. The number of rotatable bonds is 3. The third-order valence-corrected chi connectivity index (χ3v) is 4.16. The van der Waals surface area contributed by atoms with Crippen LogP contribution in [0, 0.1) is 10.1 Å². The van der Waals surface area contributed by atoms with Crippen LogP contribution in [-0.2, 0) is 16.1 Å². The zero-order valence-electron chi connectivity index (χ0n) is 11.7. The SMILES string of the molecule is O=C(Cn1ccc([N+](=O)[O-])n1)N1CCOC2CCCCC21. The molecule has 0 N–H and O–H groups in total. The van der Waals surface area contributed by atoms with Crippen LogP contribution in [0.2, 0.25) is 0 Å². The molecule has 2 fully saturated rings. The molecule has 2 heterocycles. The zero-order valence-corrected chi connectivity index (χ0v) is 11.7. The highest BCUT2D eigenvalue weighted by atomic mass is 16.6. The summed E-state index contributed by atoms with van der Waals surface area (Å²) in [6, 6.07) is 1.45. The van der Waals surface area contributed by atoms with Crippen LogP contribution in [0.15, 0.2) is 12.3 Å². The van der Waals surface area contributed by atoms with Crippen LogP contribution in [0.4, 0.5) is 5.82 Å². The molecule has 3 rings (SSSR count). The molecule has 1 saturated heterocycles. The Kier molecular flexibility index (Phi) is 3.87. The number of fused-ring (bicyclic) bond motifs is 1. The first-order valence-electron chi connectivity index (χ1n) is 7.24. The quantitative estimate of drug-likeness (QED) is 0.612. The Labute approximate surface area is 121 Å². The van der Waals surface area contributed by atoms with Crippen LogP contribution in [0.25, 0.3) is 0 Å². The normalized spacial score (nSPS) is 25.4. The maximum Gasteiger partial charge on any atom is 0.389 e. The van der Waals surface area contributed by atoms with Crippen LogP contribution >= 0.6 is 0 Å². The van der Waals surface area contributed by atoms with E-state index in [4.69, 9.17) is 4.74 Å². The standard InChI is InChI=1S/C13H18N4O4/c18-13(9-15-6-5-12(14-15)17(19)20)16-7-8-21-11-4-2-1-3-10(11)16/h5-6,10-11H,1-4,7-9H2. The van der Waals surface area contributed by atoms with Gasteiger partial charge in [-0.25, -0.2) is 0 Å². The van der Waals surface area contributed by atoms with Gasteiger partial charge >= 0.3 is 5.82 Å². The molecule has 1 amide bonds. The van der Waals surface area contributed by atoms with E-state index >= 15 is 0 Å². The number of hydrogen-bond acceptors (Lipinski definition) is 5. The van der Waals surface area contributed by atoms with Gasteiger partial charge < -0.3 is 19.8 Å². The highest BCUT2D eigenvalue weighted by molar-refractivity contribution is 5.76. The van der Waals surface area contributed by atoms with E-state index in [0.29, 0.717) is 13.2 Å². The van der Waals surface area contributed by atoms with Gasteiger partial charge in [0.15, 0.2) is 0 Å². The fraction of sp³-hybridized carbons (Fsp3) is 0.692. The Morgan fingerprint density at radius 3 is 3.05 bits per heavy atom. The largest absolute Gasteiger partial charge is 0.389 e. The topological polar surface area (TPSA) is 90.5 Å². The first kappa shape index (κ1) is 14.0. The smallest absolute Gasteiger partial charge is 0.374 e. The summed E-state index contributed by atoms with van der Waals surface area (Å²) in [5, 5.41) is 14.4. The van der Waals surface area contributed by atoms with Crippen molar-refractivity contribution >= 4 is 11.7 Å². The van der Waals surface area contributed by atoms with E-state index in [1.54, 1.807) is 0 Å². The summed E-state index contributed by atoms with van der Waals surface area (Å²) in [6.45, 7) is 1.19. The number of ether oxygens (including phenoxy) is 1. The van der Waals surface area contributed by atoms with E-state index < -0.39 is 4.92 Å². The van der Waals surface area contributed by atoms with Gasteiger partial charge in [-0.2, -0.15) is 4.68 Å². The first-order valence-corrected chi connectivity index (χ1v) is 7.24. The Bertz CT molecular complexity index is 542. The summed E-state index contributed by atoms with van der Waals surface area (Å²) >= 11 is 0. The molecule has 2 atom stereocenters. The third-order valence-electron chi connectivity index (χ3n) is 4.16. The number of aromatic nitrogens is 2. The monoisotopic (exact) mass is 294 g/mol. The first-order chi connectivity index (χ1) is 10.1. The molecule has 1 saturated carbocycles. The molecule has 21 heavy (non-hydrogen) atoms. The molecule has 1 aromatic heterocycles. The van der Waals surface area contributed by atoms with Crippen molar-refractivity contribution in [3.8, 4) is 0 Å². The van der Waals surface area contributed by atoms with Crippen molar-refractivity contribution in [1.82, 2.24) is 14.7 Å². The molecule has 0 radical (unpaired) electrons. The summed E-state index contributed by atoms with van der Waals surface area (Å²) in [4.78, 5) is 24.3. The van der Waals surface area contributed by atoms with Gasteiger partial charge in [-0.15, -0.1) is 0 Å². The predicted molar refractivity (Wildman–Crippen MR) is 72.6 cm³/mol. The molecule has 1 aliphatic heterocycles. The second kappa shape index (κ2) is 5.80. The second-order valence-corrected chi connectivity index (χ2v) is 5.48. The van der Waals surface area contributed by atoms with Crippen LogP contribution in [-0.4, -0.2) is 50.8 Å².